The van der Waals surface area contributed by atoms with Gasteiger partial charge in [0.1, 0.15) is 5.56 Å². The number of hydrogen-bond donors (Lipinski definition) is 3. The lowest BCUT2D eigenvalue weighted by molar-refractivity contribution is 0.102. The van der Waals surface area contributed by atoms with E-state index < -0.39 is 11.5 Å². The molecule has 1 aromatic heterocycles. The SMILES string of the molecule is CN1CCN(c2ccc(NC(=O)c3c(Nc4ccccc4)cc[nH]c3=O)cc2)CC1. The number of anilines is 4. The molecule has 0 radical (unpaired) electrons. The minimum Gasteiger partial charge on any atom is -0.369 e. The smallest absolute Gasteiger partial charge is 0.263 e. The van der Waals surface area contributed by atoms with Gasteiger partial charge >= 0.3 is 0 Å². The van der Waals surface area contributed by atoms with E-state index in [0.29, 0.717) is 11.4 Å². The average molecular weight is 403 g/mol. The predicted octanol–water partition coefficient (Wildman–Crippen LogP) is 3.12. The fourth-order valence-electron chi connectivity index (χ4n) is 3.50. The van der Waals surface area contributed by atoms with Gasteiger partial charge in [-0.3, -0.25) is 9.59 Å². The van der Waals surface area contributed by atoms with Crippen LogP contribution in [-0.2, 0) is 0 Å². The minimum atomic E-state index is -0.456. The Kier molecular flexibility index (Phi) is 5.81. The molecule has 0 atom stereocenters. The summed E-state index contributed by atoms with van der Waals surface area (Å²) in [4.78, 5) is 32.5. The van der Waals surface area contributed by atoms with E-state index in [0.717, 1.165) is 37.6 Å². The van der Waals surface area contributed by atoms with Gasteiger partial charge in [0.05, 0.1) is 5.69 Å². The normalized spacial score (nSPS) is 14.4. The quantitative estimate of drug-likeness (QED) is 0.610. The molecule has 1 amide bonds. The van der Waals surface area contributed by atoms with Crippen molar-refractivity contribution >= 4 is 28.7 Å². The van der Waals surface area contributed by atoms with Gasteiger partial charge in [0.25, 0.3) is 11.5 Å². The summed E-state index contributed by atoms with van der Waals surface area (Å²) in [5.74, 6) is -0.456. The van der Waals surface area contributed by atoms with Crippen molar-refractivity contribution in [2.24, 2.45) is 0 Å². The topological polar surface area (TPSA) is 80.5 Å². The predicted molar refractivity (Wildman–Crippen MR) is 121 cm³/mol. The van der Waals surface area contributed by atoms with E-state index in [1.165, 1.54) is 6.20 Å². The third kappa shape index (κ3) is 4.52. The number of pyridine rings is 1. The van der Waals surface area contributed by atoms with E-state index in [-0.39, 0.29) is 5.56 Å². The van der Waals surface area contributed by atoms with Crippen LogP contribution >= 0.6 is 0 Å². The summed E-state index contributed by atoms with van der Waals surface area (Å²) in [7, 11) is 2.13. The second-order valence-corrected chi connectivity index (χ2v) is 7.38. The van der Waals surface area contributed by atoms with Crippen molar-refractivity contribution in [2.75, 3.05) is 48.8 Å². The van der Waals surface area contributed by atoms with Gasteiger partial charge in [-0.25, -0.2) is 0 Å². The van der Waals surface area contributed by atoms with Gasteiger partial charge < -0.3 is 25.4 Å². The number of amides is 1. The molecule has 30 heavy (non-hydrogen) atoms. The van der Waals surface area contributed by atoms with E-state index in [2.05, 4.69) is 32.5 Å². The molecule has 3 aromatic rings. The summed E-state index contributed by atoms with van der Waals surface area (Å²) in [5.41, 5.74) is 2.63. The molecule has 1 fully saturated rings. The monoisotopic (exact) mass is 403 g/mol. The number of aromatic nitrogens is 1. The molecule has 1 aliphatic rings. The Morgan fingerprint density at radius 2 is 1.60 bits per heavy atom. The van der Waals surface area contributed by atoms with Crippen LogP contribution in [0.15, 0.2) is 71.7 Å². The molecule has 7 nitrogen and oxygen atoms in total. The van der Waals surface area contributed by atoms with Gasteiger partial charge in [0.2, 0.25) is 0 Å². The summed E-state index contributed by atoms with van der Waals surface area (Å²) in [5, 5.41) is 5.98. The molecule has 0 bridgehead atoms. The summed E-state index contributed by atoms with van der Waals surface area (Å²) in [6, 6.07) is 18.8. The van der Waals surface area contributed by atoms with Gasteiger partial charge in [-0.1, -0.05) is 18.2 Å². The first kappa shape index (κ1) is 19.7. The zero-order chi connectivity index (χ0) is 20.9. The van der Waals surface area contributed by atoms with Crippen molar-refractivity contribution in [2.45, 2.75) is 0 Å². The second-order valence-electron chi connectivity index (χ2n) is 7.38. The Balaban J connectivity index is 1.49. The van der Waals surface area contributed by atoms with Gasteiger partial charge in [0.15, 0.2) is 0 Å². The maximum absolute atomic E-state index is 12.9. The highest BCUT2D eigenvalue weighted by atomic mass is 16.2. The largest absolute Gasteiger partial charge is 0.369 e. The number of H-pyrrole nitrogens is 1. The molecule has 3 N–H and O–H groups in total. The van der Waals surface area contributed by atoms with Crippen LogP contribution in [-0.4, -0.2) is 49.0 Å². The number of carbonyl (C=O) groups excluding carboxylic acids is 1. The molecule has 2 heterocycles. The standard InChI is InChI=1S/C23H25N5O2/c1-27-13-15-28(16-14-27)19-9-7-18(8-10-19)26-23(30)21-20(11-12-24-22(21)29)25-17-5-3-2-4-6-17/h2-12H,13-16H2,1H3,(H,26,30)(H2,24,25,29). The number of aromatic amines is 1. The van der Waals surface area contributed by atoms with Crippen molar-refractivity contribution in [1.29, 1.82) is 0 Å². The molecule has 0 spiro atoms. The number of rotatable bonds is 5. The summed E-state index contributed by atoms with van der Waals surface area (Å²) in [6.07, 6.45) is 1.52. The van der Waals surface area contributed by atoms with Crippen LogP contribution in [0.2, 0.25) is 0 Å². The first-order chi connectivity index (χ1) is 14.6. The lowest BCUT2D eigenvalue weighted by atomic mass is 10.2. The summed E-state index contributed by atoms with van der Waals surface area (Å²) in [6.45, 7) is 4.03. The minimum absolute atomic E-state index is 0.0458. The molecular weight excluding hydrogens is 378 g/mol. The van der Waals surface area contributed by atoms with Crippen LogP contribution < -0.4 is 21.1 Å². The van der Waals surface area contributed by atoms with Crippen molar-refractivity contribution < 1.29 is 4.79 Å². The zero-order valence-corrected chi connectivity index (χ0v) is 16.9. The maximum Gasteiger partial charge on any atom is 0.263 e. The van der Waals surface area contributed by atoms with Crippen LogP contribution in [0.4, 0.5) is 22.7 Å². The Morgan fingerprint density at radius 1 is 0.900 bits per heavy atom. The van der Waals surface area contributed by atoms with Crippen molar-refractivity contribution in [3.05, 3.63) is 82.8 Å². The molecule has 0 unspecified atom stereocenters. The Bertz CT molecular complexity index is 1050. The van der Waals surface area contributed by atoms with E-state index in [4.69, 9.17) is 0 Å². The van der Waals surface area contributed by atoms with Crippen LogP contribution in [0.25, 0.3) is 0 Å². The number of benzene rings is 2. The fraction of sp³-hybridized carbons (Fsp3) is 0.217. The third-order valence-electron chi connectivity index (χ3n) is 5.23. The lowest BCUT2D eigenvalue weighted by Crippen LogP contribution is -2.44. The summed E-state index contributed by atoms with van der Waals surface area (Å²) < 4.78 is 0. The van der Waals surface area contributed by atoms with E-state index in [9.17, 15) is 9.59 Å². The third-order valence-corrected chi connectivity index (χ3v) is 5.23. The molecule has 0 saturated carbocycles. The van der Waals surface area contributed by atoms with Crippen LogP contribution in [0.5, 0.6) is 0 Å². The Morgan fingerprint density at radius 3 is 2.30 bits per heavy atom. The van der Waals surface area contributed by atoms with Gasteiger partial charge in [-0.15, -0.1) is 0 Å². The van der Waals surface area contributed by atoms with Crippen molar-refractivity contribution in [1.82, 2.24) is 9.88 Å². The highest BCUT2D eigenvalue weighted by molar-refractivity contribution is 6.08. The number of piperazine rings is 1. The van der Waals surface area contributed by atoms with Crippen LogP contribution in [0.1, 0.15) is 10.4 Å². The van der Waals surface area contributed by atoms with Gasteiger partial charge in [-0.2, -0.15) is 0 Å². The molecule has 2 aromatic carbocycles. The van der Waals surface area contributed by atoms with Crippen LogP contribution in [0.3, 0.4) is 0 Å². The molecule has 1 saturated heterocycles. The van der Waals surface area contributed by atoms with Crippen LogP contribution in [0, 0.1) is 0 Å². The van der Waals surface area contributed by atoms with Gasteiger partial charge in [0, 0.05) is 49.4 Å². The fourth-order valence-corrected chi connectivity index (χ4v) is 3.50. The highest BCUT2D eigenvalue weighted by Gasteiger charge is 2.17. The Hall–Kier alpha value is -3.58. The number of hydrogen-bond acceptors (Lipinski definition) is 5. The first-order valence-corrected chi connectivity index (χ1v) is 9.99. The maximum atomic E-state index is 12.9. The Labute approximate surface area is 175 Å². The number of para-hydroxylation sites is 1. The molecular formula is C23H25N5O2. The van der Waals surface area contributed by atoms with Crippen molar-refractivity contribution in [3.8, 4) is 0 Å². The lowest BCUT2D eigenvalue weighted by Gasteiger charge is -2.34. The van der Waals surface area contributed by atoms with Gasteiger partial charge in [-0.05, 0) is 49.5 Å². The molecule has 154 valence electrons. The molecule has 4 rings (SSSR count). The van der Waals surface area contributed by atoms with E-state index >= 15 is 0 Å². The molecule has 7 heteroatoms. The van der Waals surface area contributed by atoms with Crippen molar-refractivity contribution in [3.63, 3.8) is 0 Å². The molecule has 0 aliphatic carbocycles. The summed E-state index contributed by atoms with van der Waals surface area (Å²) >= 11 is 0. The van der Waals surface area contributed by atoms with E-state index in [1.54, 1.807) is 6.07 Å². The number of carbonyl (C=O) groups is 1. The second kappa shape index (κ2) is 8.84. The number of nitrogens with one attached hydrogen (secondary N) is 3. The molecule has 1 aliphatic heterocycles. The zero-order valence-electron chi connectivity index (χ0n) is 16.9. The highest BCUT2D eigenvalue weighted by Crippen LogP contribution is 2.22. The first-order valence-electron chi connectivity index (χ1n) is 9.99. The number of nitrogens with zero attached hydrogens (tertiary/aromatic N) is 2. The average Bonchev–Trinajstić information content (AvgIpc) is 2.76. The van der Waals surface area contributed by atoms with E-state index in [1.807, 2.05) is 54.6 Å². The number of likely N-dealkylation sites (N-methyl/N-ethyl adjacent to an activating group) is 1.